The normalized spacial score (nSPS) is 15.5. The van der Waals surface area contributed by atoms with Crippen molar-refractivity contribution in [3.8, 4) is 0 Å². The highest BCUT2D eigenvalue weighted by atomic mass is 35.5. The minimum Gasteiger partial charge on any atom is -0.463 e. The van der Waals surface area contributed by atoms with E-state index in [1.807, 2.05) is 6.92 Å². The van der Waals surface area contributed by atoms with Crippen LogP contribution in [0.2, 0.25) is 5.02 Å². The number of allylic oxidation sites excluding steroid dienone is 1. The molecule has 0 saturated heterocycles. The molecule has 0 saturated carbocycles. The molecule has 1 aromatic carbocycles. The van der Waals surface area contributed by atoms with Gasteiger partial charge in [-0.15, -0.1) is 0 Å². The number of nitrogens with zero attached hydrogens (tertiary/aromatic N) is 2. The first-order valence-electron chi connectivity index (χ1n) is 8.25. The number of aliphatic imine (C=N–C) groups is 1. The van der Waals surface area contributed by atoms with Gasteiger partial charge in [0.25, 0.3) is 0 Å². The van der Waals surface area contributed by atoms with Gasteiger partial charge < -0.3 is 15.4 Å². The van der Waals surface area contributed by atoms with Gasteiger partial charge in [-0.05, 0) is 25.5 Å². The summed E-state index contributed by atoms with van der Waals surface area (Å²) in [6.45, 7) is 7.73. The van der Waals surface area contributed by atoms with Crippen molar-refractivity contribution < 1.29 is 13.9 Å². The molecule has 7 heteroatoms. The van der Waals surface area contributed by atoms with Gasteiger partial charge in [0.05, 0.1) is 46.1 Å². The number of nitrogens with two attached hydrogens (primary N) is 1. The van der Waals surface area contributed by atoms with Crippen LogP contribution in [0.1, 0.15) is 32.3 Å². The number of rotatable bonds is 6. The van der Waals surface area contributed by atoms with Gasteiger partial charge >= 0.3 is 5.97 Å². The summed E-state index contributed by atoms with van der Waals surface area (Å²) in [6.07, 6.45) is 5.82. The predicted octanol–water partition coefficient (Wildman–Crippen LogP) is 4.51. The fraction of sp³-hybridized carbons (Fsp3) is 0.263. The van der Waals surface area contributed by atoms with Crippen LogP contribution in [0.25, 0.3) is 5.70 Å². The van der Waals surface area contributed by atoms with Crippen LogP contribution >= 0.6 is 11.6 Å². The molecule has 138 valence electrons. The molecule has 1 aliphatic rings. The van der Waals surface area contributed by atoms with Crippen molar-refractivity contribution in [2.75, 3.05) is 12.3 Å². The molecule has 0 unspecified atom stereocenters. The lowest BCUT2D eigenvalue weighted by atomic mass is 10.1. The molecule has 2 N–H and O–H groups in total. The first-order chi connectivity index (χ1) is 12.4. The van der Waals surface area contributed by atoms with Gasteiger partial charge in [-0.2, -0.15) is 0 Å². The highest BCUT2D eigenvalue weighted by Crippen LogP contribution is 2.34. The third kappa shape index (κ3) is 3.96. The van der Waals surface area contributed by atoms with Crippen molar-refractivity contribution in [2.45, 2.75) is 26.7 Å². The predicted molar refractivity (Wildman–Crippen MR) is 103 cm³/mol. The number of hydrogen-bond donors (Lipinski definition) is 1. The number of ether oxygens (including phenoxy) is 1. The second-order valence-electron chi connectivity index (χ2n) is 5.52. The Labute approximate surface area is 157 Å². The smallest absolute Gasteiger partial charge is 0.336 e. The molecule has 1 aliphatic heterocycles. The third-order valence-electron chi connectivity index (χ3n) is 3.77. The van der Waals surface area contributed by atoms with Gasteiger partial charge in [0.15, 0.2) is 0 Å². The molecule has 0 amide bonds. The van der Waals surface area contributed by atoms with Crippen molar-refractivity contribution in [1.29, 1.82) is 0 Å². The van der Waals surface area contributed by atoms with Crippen molar-refractivity contribution in [3.63, 3.8) is 0 Å². The van der Waals surface area contributed by atoms with E-state index in [4.69, 9.17) is 22.1 Å². The zero-order valence-corrected chi connectivity index (χ0v) is 15.5. The zero-order valence-electron chi connectivity index (χ0n) is 14.8. The second-order valence-corrected chi connectivity index (χ2v) is 5.90. The van der Waals surface area contributed by atoms with E-state index < -0.39 is 11.8 Å². The number of nitrogen functional groups attached to an aromatic ring is 1. The molecule has 2 rings (SSSR count). The van der Waals surface area contributed by atoms with E-state index in [-0.39, 0.29) is 28.6 Å². The van der Waals surface area contributed by atoms with Crippen LogP contribution in [0.5, 0.6) is 0 Å². The van der Waals surface area contributed by atoms with Crippen LogP contribution in [0.4, 0.5) is 10.1 Å². The summed E-state index contributed by atoms with van der Waals surface area (Å²) in [5.41, 5.74) is 7.41. The third-order valence-corrected chi connectivity index (χ3v) is 4.18. The summed E-state index contributed by atoms with van der Waals surface area (Å²) in [4.78, 5) is 18.2. The number of carbonyl (C=O) groups is 1. The average molecular weight is 378 g/mol. The quantitative estimate of drug-likeness (QED) is 0.450. The van der Waals surface area contributed by atoms with Crippen molar-refractivity contribution in [3.05, 3.63) is 58.8 Å². The molecule has 0 aliphatic carbocycles. The van der Waals surface area contributed by atoms with Crippen LogP contribution in [-0.4, -0.2) is 23.7 Å². The summed E-state index contributed by atoms with van der Waals surface area (Å²) >= 11 is 6.15. The largest absolute Gasteiger partial charge is 0.463 e. The van der Waals surface area contributed by atoms with Crippen LogP contribution in [0.15, 0.2) is 47.4 Å². The fourth-order valence-corrected chi connectivity index (χ4v) is 2.80. The van der Waals surface area contributed by atoms with Crippen LogP contribution in [0.3, 0.4) is 0 Å². The van der Waals surface area contributed by atoms with Gasteiger partial charge in [0.2, 0.25) is 0 Å². The second kappa shape index (κ2) is 8.67. The Morgan fingerprint density at radius 1 is 1.46 bits per heavy atom. The van der Waals surface area contributed by atoms with Crippen LogP contribution < -0.4 is 5.73 Å². The maximum atomic E-state index is 14.3. The van der Waals surface area contributed by atoms with Crippen LogP contribution in [0, 0.1) is 5.82 Å². The van der Waals surface area contributed by atoms with Crippen molar-refractivity contribution >= 4 is 35.2 Å². The number of hydrogen-bond acceptors (Lipinski definition) is 5. The lowest BCUT2D eigenvalue weighted by Crippen LogP contribution is -2.21. The number of halogens is 2. The molecular formula is C19H21ClFN3O2. The van der Waals surface area contributed by atoms with Crippen molar-refractivity contribution in [1.82, 2.24) is 4.90 Å². The summed E-state index contributed by atoms with van der Waals surface area (Å²) < 4.78 is 19.4. The Kier molecular flexibility index (Phi) is 6.58. The van der Waals surface area contributed by atoms with Crippen molar-refractivity contribution in [2.24, 2.45) is 4.99 Å². The standard InChI is InChI=1S/C19H21ClFN3O2/c1-4-7-12(19(25)26-6-3)16-10-23-15(11-24(16)5-2)17-13(21)8-9-14(22)18(17)20/h5,8-11H,2,4,6-7,22H2,1,3H3/b16-12+. The van der Waals surface area contributed by atoms with Gasteiger partial charge in [-0.1, -0.05) is 31.5 Å². The van der Waals surface area contributed by atoms with Crippen LogP contribution in [-0.2, 0) is 9.53 Å². The zero-order chi connectivity index (χ0) is 19.3. The van der Waals surface area contributed by atoms with E-state index in [9.17, 15) is 9.18 Å². The molecule has 0 atom stereocenters. The summed E-state index contributed by atoms with van der Waals surface area (Å²) in [5.74, 6) is -0.948. The van der Waals surface area contributed by atoms with E-state index in [1.165, 1.54) is 24.5 Å². The van der Waals surface area contributed by atoms with Gasteiger partial charge in [-0.3, -0.25) is 4.99 Å². The number of esters is 1. The van der Waals surface area contributed by atoms with Gasteiger partial charge in [0, 0.05) is 12.4 Å². The van der Waals surface area contributed by atoms with Gasteiger partial charge in [-0.25, -0.2) is 9.18 Å². The molecule has 0 fully saturated rings. The molecule has 0 spiro atoms. The van der Waals surface area contributed by atoms with E-state index in [0.29, 0.717) is 17.7 Å². The lowest BCUT2D eigenvalue weighted by Gasteiger charge is -2.24. The van der Waals surface area contributed by atoms with Gasteiger partial charge in [0.1, 0.15) is 5.82 Å². The number of carbonyl (C=O) groups excluding carboxylic acids is 1. The van der Waals surface area contributed by atoms with E-state index >= 15 is 0 Å². The molecular weight excluding hydrogens is 357 g/mol. The minimum absolute atomic E-state index is 0.0871. The summed E-state index contributed by atoms with van der Waals surface area (Å²) in [7, 11) is 0. The Hall–Kier alpha value is -2.60. The molecule has 0 aromatic heterocycles. The maximum absolute atomic E-state index is 14.3. The number of anilines is 1. The maximum Gasteiger partial charge on any atom is 0.336 e. The first kappa shape index (κ1) is 19.7. The SMILES string of the molecule is C=CN1C=C(c2c(F)ccc(N)c2Cl)N=C/C1=C(/CCC)C(=O)OCC. The monoisotopic (exact) mass is 377 g/mol. The summed E-state index contributed by atoms with van der Waals surface area (Å²) in [5, 5.41) is 0.0871. The van der Waals surface area contributed by atoms with E-state index in [1.54, 1.807) is 18.0 Å². The van der Waals surface area contributed by atoms with E-state index in [0.717, 1.165) is 6.42 Å². The Morgan fingerprint density at radius 2 is 2.19 bits per heavy atom. The molecule has 1 heterocycles. The molecule has 0 bridgehead atoms. The highest BCUT2D eigenvalue weighted by molar-refractivity contribution is 6.34. The molecule has 1 aromatic rings. The molecule has 0 radical (unpaired) electrons. The Balaban J connectivity index is 2.53. The Morgan fingerprint density at radius 3 is 2.81 bits per heavy atom. The first-order valence-corrected chi connectivity index (χ1v) is 8.63. The average Bonchev–Trinajstić information content (AvgIpc) is 2.63. The van der Waals surface area contributed by atoms with E-state index in [2.05, 4.69) is 11.6 Å². The Bertz CT molecular complexity index is 815. The molecule has 26 heavy (non-hydrogen) atoms. The highest BCUT2D eigenvalue weighted by Gasteiger charge is 2.23. The fourth-order valence-electron chi connectivity index (χ4n) is 2.55. The topological polar surface area (TPSA) is 67.9 Å². The molecule has 5 nitrogen and oxygen atoms in total. The lowest BCUT2D eigenvalue weighted by molar-refractivity contribution is -0.138. The minimum atomic E-state index is -0.539. The number of benzene rings is 1. The summed E-state index contributed by atoms with van der Waals surface area (Å²) in [6, 6.07) is 2.63.